The number of urea groups is 1. The molecule has 0 bridgehead atoms. The van der Waals surface area contributed by atoms with Gasteiger partial charge < -0.3 is 5.32 Å². The van der Waals surface area contributed by atoms with Crippen LogP contribution in [0.15, 0.2) is 17.2 Å². The number of amides is 3. The number of carbonyl (C=O) groups excluding carboxylic acids is 2. The van der Waals surface area contributed by atoms with E-state index < -0.39 is 22.6 Å². The number of carbonyl (C=O) groups is 2. The molecule has 3 unspecified atom stereocenters. The molecule has 23 heavy (non-hydrogen) atoms. The van der Waals surface area contributed by atoms with Crippen molar-refractivity contribution in [1.82, 2.24) is 20.3 Å². The molecule has 1 aromatic heterocycles. The van der Waals surface area contributed by atoms with Crippen LogP contribution in [0.5, 0.6) is 0 Å². The number of nitrogens with zero attached hydrogens (tertiary/aromatic N) is 1. The monoisotopic (exact) mass is 356 g/mol. The van der Waals surface area contributed by atoms with E-state index in [4.69, 9.17) is 11.6 Å². The first kappa shape index (κ1) is 16.4. The highest BCUT2D eigenvalue weighted by Gasteiger charge is 2.54. The van der Waals surface area contributed by atoms with Crippen LogP contribution in [-0.4, -0.2) is 33.2 Å². The summed E-state index contributed by atoms with van der Waals surface area (Å²) in [4.78, 5) is 28.0. The minimum Gasteiger partial charge on any atom is -0.323 e. The Bertz CT molecular complexity index is 699. The van der Waals surface area contributed by atoms with E-state index in [1.54, 1.807) is 13.0 Å². The van der Waals surface area contributed by atoms with E-state index in [1.165, 1.54) is 6.20 Å². The molecule has 1 aliphatic heterocycles. The lowest BCUT2D eigenvalue weighted by Gasteiger charge is -2.28. The summed E-state index contributed by atoms with van der Waals surface area (Å²) in [6.07, 6.45) is 3.70. The molecular formula is C14H17ClN4O3S. The Labute approximate surface area is 141 Å². The van der Waals surface area contributed by atoms with Crippen molar-refractivity contribution in [2.24, 2.45) is 5.92 Å². The second kappa shape index (κ2) is 6.18. The van der Waals surface area contributed by atoms with Crippen LogP contribution < -0.4 is 15.4 Å². The summed E-state index contributed by atoms with van der Waals surface area (Å²) in [6.45, 7) is 2.16. The lowest BCUT2D eigenvalue weighted by molar-refractivity contribution is -0.125. The lowest BCUT2D eigenvalue weighted by atomic mass is 9.87. The van der Waals surface area contributed by atoms with Gasteiger partial charge in [0, 0.05) is 18.7 Å². The van der Waals surface area contributed by atoms with Gasteiger partial charge in [0.25, 0.3) is 5.91 Å². The molecule has 3 N–H and O–H groups in total. The highest BCUT2D eigenvalue weighted by molar-refractivity contribution is 7.83. The van der Waals surface area contributed by atoms with Gasteiger partial charge in [0.1, 0.15) is 21.7 Å². The van der Waals surface area contributed by atoms with Gasteiger partial charge in [-0.1, -0.05) is 18.0 Å². The average molecular weight is 357 g/mol. The second-order valence-electron chi connectivity index (χ2n) is 5.86. The van der Waals surface area contributed by atoms with E-state index in [-0.39, 0.29) is 11.8 Å². The molecule has 124 valence electrons. The normalized spacial score (nSPS) is 28.0. The fourth-order valence-electron chi connectivity index (χ4n) is 3.22. The first-order valence-corrected chi connectivity index (χ1v) is 8.86. The Morgan fingerprint density at radius 1 is 1.52 bits per heavy atom. The maximum atomic E-state index is 12.3. The standard InChI is InChI=1S/C14H17ClN4O3S/c1-8-5-10(7-16-11(8)15)23(22)17-6-9-3-2-4-14(9)12(20)18-13(21)19-14/h5,7,9,17H,2-4,6H2,1H3,(H2,18,19,20,21). The number of imide groups is 1. The molecule has 1 aromatic rings. The Morgan fingerprint density at radius 3 is 2.96 bits per heavy atom. The predicted octanol–water partition coefficient (Wildman–Crippen LogP) is 1.03. The largest absolute Gasteiger partial charge is 0.323 e. The van der Waals surface area contributed by atoms with Crippen LogP contribution in [-0.2, 0) is 15.8 Å². The Balaban J connectivity index is 1.68. The van der Waals surface area contributed by atoms with Gasteiger partial charge >= 0.3 is 6.03 Å². The fourth-order valence-corrected chi connectivity index (χ4v) is 4.27. The zero-order valence-electron chi connectivity index (χ0n) is 12.5. The number of aromatic nitrogens is 1. The van der Waals surface area contributed by atoms with Crippen molar-refractivity contribution in [2.75, 3.05) is 6.54 Å². The van der Waals surface area contributed by atoms with Gasteiger partial charge in [-0.3, -0.25) is 10.1 Å². The third kappa shape index (κ3) is 2.98. The third-order valence-electron chi connectivity index (χ3n) is 4.45. The van der Waals surface area contributed by atoms with Gasteiger partial charge in [0.05, 0.1) is 4.90 Å². The molecule has 1 aliphatic carbocycles. The van der Waals surface area contributed by atoms with E-state index in [2.05, 4.69) is 20.3 Å². The zero-order chi connectivity index (χ0) is 16.6. The van der Waals surface area contributed by atoms with E-state index in [9.17, 15) is 13.8 Å². The number of pyridine rings is 1. The van der Waals surface area contributed by atoms with Crippen LogP contribution in [0.25, 0.3) is 0 Å². The first-order chi connectivity index (χ1) is 10.9. The van der Waals surface area contributed by atoms with Crippen LogP contribution in [0, 0.1) is 12.8 Å². The number of rotatable bonds is 4. The smallest absolute Gasteiger partial charge is 0.322 e. The van der Waals surface area contributed by atoms with Gasteiger partial charge in [-0.15, -0.1) is 0 Å². The van der Waals surface area contributed by atoms with E-state index >= 15 is 0 Å². The second-order valence-corrected chi connectivity index (χ2v) is 7.52. The summed E-state index contributed by atoms with van der Waals surface area (Å²) in [7, 11) is -1.45. The highest BCUT2D eigenvalue weighted by atomic mass is 35.5. The van der Waals surface area contributed by atoms with Gasteiger partial charge in [0.2, 0.25) is 0 Å². The van der Waals surface area contributed by atoms with Crippen molar-refractivity contribution in [3.8, 4) is 0 Å². The minimum atomic E-state index is -1.45. The van der Waals surface area contributed by atoms with Crippen LogP contribution >= 0.6 is 11.6 Å². The maximum absolute atomic E-state index is 12.3. The molecule has 1 saturated carbocycles. The van der Waals surface area contributed by atoms with Crippen molar-refractivity contribution in [3.63, 3.8) is 0 Å². The third-order valence-corrected chi connectivity index (χ3v) is 5.93. The highest BCUT2D eigenvalue weighted by Crippen LogP contribution is 2.37. The number of aryl methyl sites for hydroxylation is 1. The SMILES string of the molecule is Cc1cc(S(=O)NCC2CCCC23NC(=O)NC3=O)cnc1Cl. The Kier molecular flexibility index (Phi) is 4.39. The predicted molar refractivity (Wildman–Crippen MR) is 85.1 cm³/mol. The quantitative estimate of drug-likeness (QED) is 0.554. The molecule has 2 heterocycles. The molecule has 2 fully saturated rings. The van der Waals surface area contributed by atoms with Gasteiger partial charge in [-0.25, -0.2) is 18.7 Å². The Morgan fingerprint density at radius 2 is 2.30 bits per heavy atom. The number of halogens is 1. The molecule has 3 atom stereocenters. The molecule has 7 nitrogen and oxygen atoms in total. The Hall–Kier alpha value is -1.51. The van der Waals surface area contributed by atoms with Crippen molar-refractivity contribution in [2.45, 2.75) is 36.6 Å². The number of hydrogen-bond acceptors (Lipinski definition) is 4. The molecule has 1 saturated heterocycles. The van der Waals surface area contributed by atoms with E-state index in [1.807, 2.05) is 0 Å². The van der Waals surface area contributed by atoms with Crippen LogP contribution in [0.2, 0.25) is 5.15 Å². The molecule has 9 heteroatoms. The van der Waals surface area contributed by atoms with Crippen molar-refractivity contribution in [1.29, 1.82) is 0 Å². The van der Waals surface area contributed by atoms with E-state index in [0.29, 0.717) is 23.0 Å². The molecule has 3 amide bonds. The van der Waals surface area contributed by atoms with Crippen molar-refractivity contribution < 1.29 is 13.8 Å². The summed E-state index contributed by atoms with van der Waals surface area (Å²) in [5.41, 5.74) is -0.123. The molecule has 0 aromatic carbocycles. The van der Waals surface area contributed by atoms with Crippen molar-refractivity contribution >= 4 is 34.5 Å². The molecule has 1 spiro atoms. The van der Waals surface area contributed by atoms with Gasteiger partial charge in [-0.05, 0) is 31.4 Å². The fraction of sp³-hybridized carbons (Fsp3) is 0.500. The number of hydrogen-bond donors (Lipinski definition) is 3. The lowest BCUT2D eigenvalue weighted by Crippen LogP contribution is -2.52. The molecular weight excluding hydrogens is 340 g/mol. The average Bonchev–Trinajstić information content (AvgIpc) is 3.03. The molecule has 0 radical (unpaired) electrons. The van der Waals surface area contributed by atoms with Crippen LogP contribution in [0.4, 0.5) is 4.79 Å². The molecule has 2 aliphatic rings. The minimum absolute atomic E-state index is 0.0979. The first-order valence-electron chi connectivity index (χ1n) is 7.33. The van der Waals surface area contributed by atoms with Gasteiger partial charge in [-0.2, -0.15) is 0 Å². The van der Waals surface area contributed by atoms with E-state index in [0.717, 1.165) is 18.4 Å². The summed E-state index contributed by atoms with van der Waals surface area (Å²) in [6, 6.07) is 1.26. The number of nitrogens with one attached hydrogen (secondary N) is 3. The zero-order valence-corrected chi connectivity index (χ0v) is 14.1. The molecule has 3 rings (SSSR count). The summed E-state index contributed by atoms with van der Waals surface area (Å²) in [5.74, 6) is -0.388. The summed E-state index contributed by atoms with van der Waals surface area (Å²) < 4.78 is 15.3. The van der Waals surface area contributed by atoms with Crippen LogP contribution in [0.3, 0.4) is 0 Å². The van der Waals surface area contributed by atoms with Crippen molar-refractivity contribution in [3.05, 3.63) is 23.0 Å². The van der Waals surface area contributed by atoms with Crippen LogP contribution in [0.1, 0.15) is 24.8 Å². The van der Waals surface area contributed by atoms with Gasteiger partial charge in [0.15, 0.2) is 0 Å². The maximum Gasteiger partial charge on any atom is 0.322 e. The summed E-state index contributed by atoms with van der Waals surface area (Å²) >= 11 is 5.86. The summed E-state index contributed by atoms with van der Waals surface area (Å²) in [5, 5.41) is 5.42. The topological polar surface area (TPSA) is 100 Å².